The first-order valence-corrected chi connectivity index (χ1v) is 7.20. The molecule has 1 aromatic carbocycles. The molecule has 6 heteroatoms. The molecular weight excluding hydrogens is 264 g/mol. The van der Waals surface area contributed by atoms with Gasteiger partial charge in [0, 0.05) is 23.6 Å². The molecule has 2 rings (SSSR count). The summed E-state index contributed by atoms with van der Waals surface area (Å²) in [6.45, 7) is 0. The number of aromatic nitrogens is 2. The zero-order chi connectivity index (χ0) is 13.8. The zero-order valence-corrected chi connectivity index (χ0v) is 11.3. The van der Waals surface area contributed by atoms with Crippen LogP contribution in [0.3, 0.4) is 0 Å². The van der Waals surface area contributed by atoms with Crippen LogP contribution < -0.4 is 0 Å². The third-order valence-corrected chi connectivity index (χ3v) is 4.01. The van der Waals surface area contributed by atoms with Gasteiger partial charge in [0.25, 0.3) is 0 Å². The summed E-state index contributed by atoms with van der Waals surface area (Å²) < 4.78 is 13.5. The number of carboxylic acid groups (broad SMARTS) is 1. The summed E-state index contributed by atoms with van der Waals surface area (Å²) in [7, 11) is 0.493. The van der Waals surface area contributed by atoms with Crippen LogP contribution in [0.25, 0.3) is 0 Å². The number of carboxylic acids is 1. The van der Waals surface area contributed by atoms with Gasteiger partial charge in [-0.1, -0.05) is 30.3 Å². The molecule has 0 amide bonds. The van der Waals surface area contributed by atoms with E-state index in [1.807, 2.05) is 30.3 Å². The third-order valence-electron chi connectivity index (χ3n) is 2.76. The van der Waals surface area contributed by atoms with Crippen molar-refractivity contribution >= 4 is 16.8 Å². The fourth-order valence-corrected chi connectivity index (χ4v) is 3.09. The topological polar surface area (TPSA) is 72.2 Å². The Morgan fingerprint density at radius 3 is 2.63 bits per heavy atom. The van der Waals surface area contributed by atoms with Gasteiger partial charge in [-0.2, -0.15) is 5.10 Å². The minimum absolute atomic E-state index is 0.115. The molecule has 1 N–H and O–H groups in total. The van der Waals surface area contributed by atoms with Gasteiger partial charge < -0.3 is 5.11 Å². The van der Waals surface area contributed by atoms with Crippen LogP contribution >= 0.6 is 0 Å². The van der Waals surface area contributed by atoms with Crippen molar-refractivity contribution in [3.63, 3.8) is 0 Å². The van der Waals surface area contributed by atoms with Gasteiger partial charge in [-0.05, 0) is 5.56 Å². The number of hydrogen-bond donors (Lipinski definition) is 1. The highest BCUT2D eigenvalue weighted by Gasteiger charge is 2.17. The van der Waals surface area contributed by atoms with E-state index < -0.39 is 16.8 Å². The smallest absolute Gasteiger partial charge is 0.339 e. The van der Waals surface area contributed by atoms with Crippen LogP contribution in [0.15, 0.2) is 36.5 Å². The lowest BCUT2D eigenvalue weighted by Gasteiger charge is -2.05. The summed E-state index contributed by atoms with van der Waals surface area (Å²) in [6.07, 6.45) is 1.29. The van der Waals surface area contributed by atoms with Gasteiger partial charge in [-0.15, -0.1) is 0 Å². The molecule has 19 heavy (non-hydrogen) atoms. The number of benzene rings is 1. The van der Waals surface area contributed by atoms with Crippen LogP contribution in [0.2, 0.25) is 0 Å². The largest absolute Gasteiger partial charge is 0.478 e. The maximum atomic E-state index is 12.1. The fourth-order valence-electron chi connectivity index (χ4n) is 1.78. The van der Waals surface area contributed by atoms with E-state index in [0.29, 0.717) is 11.4 Å². The highest BCUT2D eigenvalue weighted by atomic mass is 32.2. The molecule has 0 aliphatic rings. The van der Waals surface area contributed by atoms with Gasteiger partial charge >= 0.3 is 5.97 Å². The Bertz CT molecular complexity index is 608. The lowest BCUT2D eigenvalue weighted by molar-refractivity contribution is 0.0696. The molecule has 0 aliphatic carbocycles. The molecule has 0 spiro atoms. The van der Waals surface area contributed by atoms with E-state index in [4.69, 9.17) is 5.11 Å². The Morgan fingerprint density at radius 2 is 2.00 bits per heavy atom. The lowest BCUT2D eigenvalue weighted by atomic mass is 10.2. The van der Waals surface area contributed by atoms with Crippen LogP contribution in [-0.2, 0) is 29.4 Å². The second kappa shape index (κ2) is 5.79. The Hall–Kier alpha value is -1.95. The molecule has 0 aliphatic heterocycles. The van der Waals surface area contributed by atoms with E-state index in [-0.39, 0.29) is 11.3 Å². The van der Waals surface area contributed by atoms with Crippen molar-refractivity contribution in [2.75, 3.05) is 0 Å². The second-order valence-electron chi connectivity index (χ2n) is 4.15. The summed E-state index contributed by atoms with van der Waals surface area (Å²) in [4.78, 5) is 11.0. The molecule has 0 saturated heterocycles. The number of aromatic carboxylic acids is 1. The highest BCUT2D eigenvalue weighted by molar-refractivity contribution is 7.83. The molecule has 0 saturated carbocycles. The lowest BCUT2D eigenvalue weighted by Crippen LogP contribution is -2.09. The maximum Gasteiger partial charge on any atom is 0.339 e. The number of aryl methyl sites for hydroxylation is 1. The maximum absolute atomic E-state index is 12.1. The van der Waals surface area contributed by atoms with Crippen LogP contribution in [0.1, 0.15) is 21.6 Å². The molecule has 0 bridgehead atoms. The van der Waals surface area contributed by atoms with Crippen LogP contribution in [0.4, 0.5) is 0 Å². The van der Waals surface area contributed by atoms with E-state index >= 15 is 0 Å². The van der Waals surface area contributed by atoms with Crippen molar-refractivity contribution in [2.24, 2.45) is 7.05 Å². The number of hydrogen-bond acceptors (Lipinski definition) is 3. The molecule has 100 valence electrons. The molecule has 1 aromatic heterocycles. The Labute approximate surface area is 113 Å². The van der Waals surface area contributed by atoms with Gasteiger partial charge in [-0.3, -0.25) is 8.89 Å². The average molecular weight is 278 g/mol. The van der Waals surface area contributed by atoms with Crippen molar-refractivity contribution in [1.82, 2.24) is 9.78 Å². The predicted octanol–water partition coefficient (Wildman–Crippen LogP) is 1.57. The summed E-state index contributed by atoms with van der Waals surface area (Å²) >= 11 is 0. The molecule has 0 radical (unpaired) electrons. The second-order valence-corrected chi connectivity index (χ2v) is 5.60. The fraction of sp³-hybridized carbons (Fsp3) is 0.231. The normalized spacial score (nSPS) is 12.3. The van der Waals surface area contributed by atoms with E-state index in [1.165, 1.54) is 10.9 Å². The minimum Gasteiger partial charge on any atom is -0.478 e. The Morgan fingerprint density at radius 1 is 1.32 bits per heavy atom. The molecule has 2 aromatic rings. The Balaban J connectivity index is 2.11. The minimum atomic E-state index is -1.16. The first kappa shape index (κ1) is 13.5. The standard InChI is InChI=1S/C13H14N2O3S/c1-15-12(11(7-14-15)13(16)17)9-19(18)8-10-5-3-2-4-6-10/h2-7H,8-9H2,1H3,(H,16,17). The predicted molar refractivity (Wildman–Crippen MR) is 72.2 cm³/mol. The Kier molecular flexibility index (Phi) is 4.11. The van der Waals surface area contributed by atoms with E-state index in [1.54, 1.807) is 7.05 Å². The quantitative estimate of drug-likeness (QED) is 0.901. The van der Waals surface area contributed by atoms with E-state index in [0.717, 1.165) is 5.56 Å². The van der Waals surface area contributed by atoms with Crippen molar-refractivity contribution in [2.45, 2.75) is 11.5 Å². The van der Waals surface area contributed by atoms with Gasteiger partial charge in [0.1, 0.15) is 5.56 Å². The summed E-state index contributed by atoms with van der Waals surface area (Å²) in [6, 6.07) is 9.48. The van der Waals surface area contributed by atoms with E-state index in [2.05, 4.69) is 5.10 Å². The third kappa shape index (κ3) is 3.29. The van der Waals surface area contributed by atoms with Gasteiger partial charge in [0.05, 0.1) is 17.6 Å². The molecular formula is C13H14N2O3S. The van der Waals surface area contributed by atoms with Crippen LogP contribution in [0.5, 0.6) is 0 Å². The van der Waals surface area contributed by atoms with Gasteiger partial charge in [-0.25, -0.2) is 4.79 Å². The van der Waals surface area contributed by atoms with Crippen LogP contribution in [-0.4, -0.2) is 25.1 Å². The summed E-state index contributed by atoms with van der Waals surface area (Å²) in [5.41, 5.74) is 1.57. The molecule has 0 fully saturated rings. The number of carbonyl (C=O) groups is 1. The highest BCUT2D eigenvalue weighted by Crippen LogP contribution is 2.13. The van der Waals surface area contributed by atoms with E-state index in [9.17, 15) is 9.00 Å². The van der Waals surface area contributed by atoms with Gasteiger partial charge in [0.15, 0.2) is 0 Å². The first-order chi connectivity index (χ1) is 9.08. The van der Waals surface area contributed by atoms with Crippen molar-refractivity contribution in [1.29, 1.82) is 0 Å². The van der Waals surface area contributed by atoms with Crippen LogP contribution in [0, 0.1) is 0 Å². The zero-order valence-electron chi connectivity index (χ0n) is 10.4. The van der Waals surface area contributed by atoms with Crippen molar-refractivity contribution in [3.05, 3.63) is 53.3 Å². The average Bonchev–Trinajstić information content (AvgIpc) is 2.72. The van der Waals surface area contributed by atoms with Crippen molar-refractivity contribution in [3.8, 4) is 0 Å². The summed E-state index contributed by atoms with van der Waals surface area (Å²) in [5.74, 6) is -0.446. The van der Waals surface area contributed by atoms with Crippen molar-refractivity contribution < 1.29 is 14.1 Å². The summed E-state index contributed by atoms with van der Waals surface area (Å²) in [5, 5.41) is 12.9. The van der Waals surface area contributed by atoms with Gasteiger partial charge in [0.2, 0.25) is 0 Å². The monoisotopic (exact) mass is 278 g/mol. The number of rotatable bonds is 5. The number of nitrogens with zero attached hydrogens (tertiary/aromatic N) is 2. The molecule has 1 heterocycles. The molecule has 1 unspecified atom stereocenters. The first-order valence-electron chi connectivity index (χ1n) is 5.71. The molecule has 5 nitrogen and oxygen atoms in total. The SMILES string of the molecule is Cn1ncc(C(=O)O)c1CS(=O)Cc1ccccc1. The molecule has 1 atom stereocenters.